The Labute approximate surface area is 69.6 Å². The molecule has 0 fully saturated rings. The molecule has 0 radical (unpaired) electrons. The molecule has 0 bridgehead atoms. The first kappa shape index (κ1) is 6.91. The molecule has 0 saturated heterocycles. The van der Waals surface area contributed by atoms with Gasteiger partial charge in [0.25, 0.3) is 0 Å². The highest BCUT2D eigenvalue weighted by molar-refractivity contribution is 5.80. The molecular weight excluding hydrogens is 154 g/mol. The fourth-order valence-electron chi connectivity index (χ4n) is 0.953. The second-order valence-electron chi connectivity index (χ2n) is 2.39. The van der Waals surface area contributed by atoms with Crippen molar-refractivity contribution < 1.29 is 9.84 Å². The number of nitrogens with zero attached hydrogens (tertiary/aromatic N) is 1. The van der Waals surface area contributed by atoms with Crippen LogP contribution in [0, 0.1) is 0 Å². The number of hydrogen-bond acceptors (Lipinski definition) is 3. The highest BCUT2D eigenvalue weighted by Gasteiger charge is 2.03. The number of benzene rings is 1. The van der Waals surface area contributed by atoms with Crippen LogP contribution < -0.4 is 4.74 Å². The minimum atomic E-state index is 0.0196. The molecule has 0 aromatic heterocycles. The average Bonchev–Trinajstić information content (AvgIpc) is 2.29. The fraction of sp³-hybridized carbons (Fsp3) is 0. The number of aliphatic hydroxyl groups is 1. The van der Waals surface area contributed by atoms with Crippen molar-refractivity contribution in [3.8, 4) is 5.75 Å². The summed E-state index contributed by atoms with van der Waals surface area (Å²) in [7, 11) is 0. The smallest absolute Gasteiger partial charge is 0.169 e. The molecule has 1 aromatic rings. The lowest BCUT2D eigenvalue weighted by Crippen LogP contribution is -1.84. The third kappa shape index (κ3) is 1.16. The van der Waals surface area contributed by atoms with Gasteiger partial charge in [0, 0.05) is 0 Å². The molecule has 1 aromatic carbocycles. The summed E-state index contributed by atoms with van der Waals surface area (Å²) in [6.07, 6.45) is 2.61. The minimum absolute atomic E-state index is 0.0196. The molecule has 3 heteroatoms. The SMILES string of the molecule is OC1=COc2ccccc2N=C1. The Bertz CT molecular complexity index is 355. The van der Waals surface area contributed by atoms with Gasteiger partial charge in [-0.15, -0.1) is 0 Å². The van der Waals surface area contributed by atoms with Crippen LogP contribution in [0.5, 0.6) is 5.75 Å². The van der Waals surface area contributed by atoms with Gasteiger partial charge in [0.15, 0.2) is 11.5 Å². The van der Waals surface area contributed by atoms with Crippen molar-refractivity contribution in [2.45, 2.75) is 0 Å². The summed E-state index contributed by atoms with van der Waals surface area (Å²) in [4.78, 5) is 4.00. The van der Waals surface area contributed by atoms with Gasteiger partial charge in [-0.25, -0.2) is 4.99 Å². The van der Waals surface area contributed by atoms with Crippen LogP contribution in [-0.4, -0.2) is 11.3 Å². The molecule has 1 aliphatic heterocycles. The summed E-state index contributed by atoms with van der Waals surface area (Å²) in [5.41, 5.74) is 0.720. The lowest BCUT2D eigenvalue weighted by molar-refractivity contribution is 0.398. The molecule has 2 rings (SSSR count). The van der Waals surface area contributed by atoms with E-state index < -0.39 is 0 Å². The van der Waals surface area contributed by atoms with Crippen LogP contribution in [0.4, 0.5) is 5.69 Å². The van der Waals surface area contributed by atoms with E-state index in [2.05, 4.69) is 4.99 Å². The number of aliphatic imine (C=N–C) groups is 1. The zero-order valence-electron chi connectivity index (χ0n) is 6.27. The third-order valence-electron chi connectivity index (χ3n) is 1.51. The summed E-state index contributed by atoms with van der Waals surface area (Å²) in [5.74, 6) is 0.670. The van der Waals surface area contributed by atoms with Gasteiger partial charge in [-0.3, -0.25) is 0 Å². The van der Waals surface area contributed by atoms with Crippen LogP contribution in [0.2, 0.25) is 0 Å². The zero-order chi connectivity index (χ0) is 8.39. The lowest BCUT2D eigenvalue weighted by Gasteiger charge is -1.99. The predicted octanol–water partition coefficient (Wildman–Crippen LogP) is 2.18. The van der Waals surface area contributed by atoms with E-state index in [4.69, 9.17) is 9.84 Å². The van der Waals surface area contributed by atoms with Crippen LogP contribution in [0.1, 0.15) is 0 Å². The number of ether oxygens (including phenoxy) is 1. The monoisotopic (exact) mass is 161 g/mol. The van der Waals surface area contributed by atoms with Crippen molar-refractivity contribution in [3.63, 3.8) is 0 Å². The maximum absolute atomic E-state index is 9.05. The average molecular weight is 161 g/mol. The van der Waals surface area contributed by atoms with Gasteiger partial charge in [0.05, 0.1) is 6.21 Å². The maximum atomic E-state index is 9.05. The number of rotatable bonds is 0. The first-order chi connectivity index (χ1) is 5.86. The Morgan fingerprint density at radius 1 is 1.25 bits per heavy atom. The van der Waals surface area contributed by atoms with E-state index in [9.17, 15) is 0 Å². The first-order valence-corrected chi connectivity index (χ1v) is 3.55. The molecular formula is C9H7NO2. The normalized spacial score (nSPS) is 14.2. The van der Waals surface area contributed by atoms with Crippen molar-refractivity contribution in [3.05, 3.63) is 36.3 Å². The highest BCUT2D eigenvalue weighted by atomic mass is 16.5. The number of hydrogen-bond donors (Lipinski definition) is 1. The van der Waals surface area contributed by atoms with Gasteiger partial charge in [0.2, 0.25) is 0 Å². The Kier molecular flexibility index (Phi) is 1.55. The van der Waals surface area contributed by atoms with Crippen LogP contribution in [0.15, 0.2) is 41.3 Å². The Balaban J connectivity index is 2.48. The van der Waals surface area contributed by atoms with E-state index in [-0.39, 0.29) is 5.76 Å². The number of aliphatic hydroxyl groups excluding tert-OH is 1. The molecule has 0 amide bonds. The standard InChI is InChI=1S/C9H7NO2/c11-7-5-10-8-3-1-2-4-9(8)12-6-7/h1-6,11H. The number of fused-ring (bicyclic) bond motifs is 1. The highest BCUT2D eigenvalue weighted by Crippen LogP contribution is 2.28. The van der Waals surface area contributed by atoms with Gasteiger partial charge in [0.1, 0.15) is 11.9 Å². The van der Waals surface area contributed by atoms with E-state index in [0.717, 1.165) is 5.69 Å². The second-order valence-corrected chi connectivity index (χ2v) is 2.39. The Morgan fingerprint density at radius 2 is 2.08 bits per heavy atom. The first-order valence-electron chi connectivity index (χ1n) is 3.55. The zero-order valence-corrected chi connectivity index (χ0v) is 6.27. The van der Waals surface area contributed by atoms with E-state index >= 15 is 0 Å². The number of para-hydroxylation sites is 2. The summed E-state index contributed by atoms with van der Waals surface area (Å²) >= 11 is 0. The van der Waals surface area contributed by atoms with Crippen molar-refractivity contribution in [1.82, 2.24) is 0 Å². The van der Waals surface area contributed by atoms with Crippen LogP contribution >= 0.6 is 0 Å². The van der Waals surface area contributed by atoms with Gasteiger partial charge < -0.3 is 9.84 Å². The summed E-state index contributed by atoms with van der Waals surface area (Å²) < 4.78 is 5.12. The van der Waals surface area contributed by atoms with Crippen LogP contribution in [0.25, 0.3) is 0 Å². The largest absolute Gasteiger partial charge is 0.504 e. The molecule has 0 saturated carbocycles. The molecule has 1 heterocycles. The minimum Gasteiger partial charge on any atom is -0.504 e. The molecule has 60 valence electrons. The number of allylic oxidation sites excluding steroid dienone is 1. The van der Waals surface area contributed by atoms with Gasteiger partial charge in [-0.1, -0.05) is 12.1 Å². The lowest BCUT2D eigenvalue weighted by atomic mass is 10.3. The van der Waals surface area contributed by atoms with E-state index in [1.807, 2.05) is 18.2 Å². The van der Waals surface area contributed by atoms with Crippen molar-refractivity contribution >= 4 is 11.9 Å². The molecule has 1 N–H and O–H groups in total. The van der Waals surface area contributed by atoms with Crippen molar-refractivity contribution in [1.29, 1.82) is 0 Å². The summed E-state index contributed by atoms with van der Waals surface area (Å²) in [5, 5.41) is 9.05. The molecule has 1 aliphatic rings. The third-order valence-corrected chi connectivity index (χ3v) is 1.51. The topological polar surface area (TPSA) is 41.8 Å². The Morgan fingerprint density at radius 3 is 3.00 bits per heavy atom. The summed E-state index contributed by atoms with van der Waals surface area (Å²) in [6, 6.07) is 7.33. The molecule has 12 heavy (non-hydrogen) atoms. The predicted molar refractivity (Wildman–Crippen MR) is 45.9 cm³/mol. The summed E-state index contributed by atoms with van der Waals surface area (Å²) in [6.45, 7) is 0. The molecule has 0 spiro atoms. The Hall–Kier alpha value is -1.77. The van der Waals surface area contributed by atoms with E-state index in [1.165, 1.54) is 12.5 Å². The maximum Gasteiger partial charge on any atom is 0.169 e. The van der Waals surface area contributed by atoms with Crippen molar-refractivity contribution in [2.75, 3.05) is 0 Å². The van der Waals surface area contributed by atoms with Crippen molar-refractivity contribution in [2.24, 2.45) is 4.99 Å². The fourth-order valence-corrected chi connectivity index (χ4v) is 0.953. The quantitative estimate of drug-likeness (QED) is 0.633. The van der Waals surface area contributed by atoms with Gasteiger partial charge in [-0.05, 0) is 12.1 Å². The van der Waals surface area contributed by atoms with Gasteiger partial charge in [-0.2, -0.15) is 0 Å². The van der Waals surface area contributed by atoms with Crippen LogP contribution in [-0.2, 0) is 0 Å². The molecule has 3 nitrogen and oxygen atoms in total. The molecule has 0 unspecified atom stereocenters. The van der Waals surface area contributed by atoms with E-state index in [1.54, 1.807) is 6.07 Å². The molecule has 0 atom stereocenters. The van der Waals surface area contributed by atoms with E-state index in [0.29, 0.717) is 5.75 Å². The van der Waals surface area contributed by atoms with Gasteiger partial charge >= 0.3 is 0 Å². The molecule has 0 aliphatic carbocycles. The van der Waals surface area contributed by atoms with Crippen LogP contribution in [0.3, 0.4) is 0 Å². The second kappa shape index (κ2) is 2.70.